The summed E-state index contributed by atoms with van der Waals surface area (Å²) in [4.78, 5) is 0. The summed E-state index contributed by atoms with van der Waals surface area (Å²) < 4.78 is 5.63. The third-order valence-corrected chi connectivity index (χ3v) is 6.23. The second-order valence-electron chi connectivity index (χ2n) is 9.54. The van der Waals surface area contributed by atoms with Crippen LogP contribution in [0.5, 0.6) is 0 Å². The fourth-order valence-electron chi connectivity index (χ4n) is 4.30. The minimum atomic E-state index is 0.671. The lowest BCUT2D eigenvalue weighted by molar-refractivity contribution is 0.232. The summed E-state index contributed by atoms with van der Waals surface area (Å²) in [6.45, 7) is 17.9. The Morgan fingerprint density at radius 1 is 0.516 bits per heavy atom. The quantitative estimate of drug-likeness (QED) is 0.218. The van der Waals surface area contributed by atoms with E-state index in [9.17, 15) is 0 Å². The number of unbranched alkanes of at least 4 members (excludes halogenated alkanes) is 6. The van der Waals surface area contributed by atoms with E-state index in [4.69, 9.17) is 4.74 Å². The van der Waals surface area contributed by atoms with Gasteiger partial charge < -0.3 is 4.74 Å². The molecule has 0 bridgehead atoms. The van der Waals surface area contributed by atoms with E-state index in [1.807, 2.05) is 0 Å². The van der Waals surface area contributed by atoms with Crippen LogP contribution in [0.2, 0.25) is 0 Å². The van der Waals surface area contributed by atoms with Crippen molar-refractivity contribution in [2.75, 3.05) is 0 Å². The van der Waals surface area contributed by atoms with Crippen LogP contribution in [0.3, 0.4) is 0 Å². The summed E-state index contributed by atoms with van der Waals surface area (Å²) in [6.07, 6.45) is 27.4. The number of hydrogen-bond donors (Lipinski definition) is 0. The van der Waals surface area contributed by atoms with Crippen molar-refractivity contribution in [3.63, 3.8) is 0 Å². The molecule has 0 aromatic heterocycles. The van der Waals surface area contributed by atoms with Crippen molar-refractivity contribution in [3.8, 4) is 0 Å². The monoisotopic (exact) mass is 438 g/mol. The van der Waals surface area contributed by atoms with Crippen LogP contribution < -0.4 is 0 Å². The summed E-state index contributed by atoms with van der Waals surface area (Å²) in [5, 5.41) is 0. The zero-order valence-corrected chi connectivity index (χ0v) is 23.2. The van der Waals surface area contributed by atoms with Crippen molar-refractivity contribution in [3.05, 3.63) is 12.2 Å². The molecular formula is C30H62O. The molecule has 2 fully saturated rings. The second-order valence-corrected chi connectivity index (χ2v) is 9.54. The van der Waals surface area contributed by atoms with Gasteiger partial charge in [-0.1, -0.05) is 145 Å². The minimum Gasteiger partial charge on any atom is -0.370 e. The van der Waals surface area contributed by atoms with Crippen molar-refractivity contribution in [1.82, 2.24) is 0 Å². The average molecular weight is 439 g/mol. The highest BCUT2D eigenvalue weighted by molar-refractivity contribution is 4.95. The van der Waals surface area contributed by atoms with E-state index in [0.29, 0.717) is 12.2 Å². The van der Waals surface area contributed by atoms with E-state index < -0.39 is 0 Å². The van der Waals surface area contributed by atoms with Crippen LogP contribution in [0.25, 0.3) is 0 Å². The molecule has 188 valence electrons. The Hall–Kier alpha value is -0.300. The third-order valence-electron chi connectivity index (χ3n) is 6.23. The molecule has 4 unspecified atom stereocenters. The number of epoxide rings is 1. The van der Waals surface area contributed by atoms with Crippen LogP contribution in [0.1, 0.15) is 158 Å². The van der Waals surface area contributed by atoms with E-state index in [1.165, 1.54) is 103 Å². The van der Waals surface area contributed by atoms with Gasteiger partial charge >= 0.3 is 0 Å². The fraction of sp³-hybridized carbons (Fsp3) is 0.933. The van der Waals surface area contributed by atoms with Gasteiger partial charge in [0.15, 0.2) is 0 Å². The molecular weight excluding hydrogens is 376 g/mol. The summed E-state index contributed by atoms with van der Waals surface area (Å²) in [7, 11) is 0. The van der Waals surface area contributed by atoms with Gasteiger partial charge in [0.05, 0.1) is 12.2 Å². The standard InChI is InChI=1S/C12H22O.C8H16.2C5H12/c1-3-5-9-7-11-12(13-11)8-10(9)6-4-2;1-3-5-7-8-6-4-2;2*1-3-5-4-2/h9-12H,3-8H2,1-2H3;7-8H,3-6H2,1-2H3;2*3-5H2,1-2H3/b;8-7-;;. The van der Waals surface area contributed by atoms with Gasteiger partial charge in [-0.3, -0.25) is 0 Å². The van der Waals surface area contributed by atoms with Crippen molar-refractivity contribution in [2.24, 2.45) is 11.8 Å². The van der Waals surface area contributed by atoms with Gasteiger partial charge in [0.1, 0.15) is 0 Å². The Morgan fingerprint density at radius 3 is 1.10 bits per heavy atom. The van der Waals surface area contributed by atoms with Gasteiger partial charge in [0, 0.05) is 0 Å². The molecule has 31 heavy (non-hydrogen) atoms. The molecule has 0 aromatic carbocycles. The highest BCUT2D eigenvalue weighted by Gasteiger charge is 2.47. The summed E-state index contributed by atoms with van der Waals surface area (Å²) in [6, 6.07) is 0. The Labute approximate surface area is 199 Å². The maximum Gasteiger partial charge on any atom is 0.0844 e. The SMILES string of the molecule is CCC/C=C\CCC.CCCC1CC2OC2CC1CCC.CCCCC.CCCCC. The number of rotatable bonds is 12. The predicted molar refractivity (Wildman–Crippen MR) is 144 cm³/mol. The van der Waals surface area contributed by atoms with Crippen LogP contribution >= 0.6 is 0 Å². The molecule has 2 rings (SSSR count). The normalized spacial score (nSPS) is 23.5. The molecule has 0 amide bonds. The molecule has 0 N–H and O–H groups in total. The van der Waals surface area contributed by atoms with Crippen molar-refractivity contribution >= 4 is 0 Å². The average Bonchev–Trinajstić information content (AvgIpc) is 3.53. The van der Waals surface area contributed by atoms with Crippen molar-refractivity contribution in [2.45, 2.75) is 170 Å². The maximum atomic E-state index is 5.63. The highest BCUT2D eigenvalue weighted by atomic mass is 16.6. The lowest BCUT2D eigenvalue weighted by Gasteiger charge is -2.28. The van der Waals surface area contributed by atoms with Crippen LogP contribution in [0.15, 0.2) is 12.2 Å². The first-order chi connectivity index (χ1) is 15.1. The largest absolute Gasteiger partial charge is 0.370 e. The maximum absolute atomic E-state index is 5.63. The van der Waals surface area contributed by atoms with Gasteiger partial charge in [-0.25, -0.2) is 0 Å². The Bertz CT molecular complexity index is 312. The second kappa shape index (κ2) is 26.0. The number of hydrogen-bond acceptors (Lipinski definition) is 1. The van der Waals surface area contributed by atoms with Crippen LogP contribution in [0.4, 0.5) is 0 Å². The molecule has 4 atom stereocenters. The van der Waals surface area contributed by atoms with E-state index in [1.54, 1.807) is 0 Å². The molecule has 2 aliphatic rings. The van der Waals surface area contributed by atoms with Crippen LogP contribution in [0, 0.1) is 11.8 Å². The van der Waals surface area contributed by atoms with Crippen molar-refractivity contribution < 1.29 is 4.74 Å². The van der Waals surface area contributed by atoms with Gasteiger partial charge in [0.2, 0.25) is 0 Å². The molecule has 0 spiro atoms. The number of fused-ring (bicyclic) bond motifs is 1. The van der Waals surface area contributed by atoms with E-state index >= 15 is 0 Å². The first-order valence-corrected chi connectivity index (χ1v) is 14.4. The Balaban J connectivity index is 0. The summed E-state index contributed by atoms with van der Waals surface area (Å²) in [5.41, 5.74) is 0. The van der Waals surface area contributed by atoms with E-state index in [-0.39, 0.29) is 0 Å². The smallest absolute Gasteiger partial charge is 0.0844 e. The third kappa shape index (κ3) is 21.3. The predicted octanol–water partition coefficient (Wildman–Crippen LogP) is 10.9. The van der Waals surface area contributed by atoms with Gasteiger partial charge in [-0.05, 0) is 37.5 Å². The molecule has 1 nitrogen and oxygen atoms in total. The zero-order chi connectivity index (χ0) is 23.7. The first kappa shape index (κ1) is 32.9. The molecule has 1 aliphatic heterocycles. The Morgan fingerprint density at radius 2 is 0.871 bits per heavy atom. The van der Waals surface area contributed by atoms with E-state index in [2.05, 4.69) is 67.5 Å². The van der Waals surface area contributed by atoms with Gasteiger partial charge in [-0.2, -0.15) is 0 Å². The minimum absolute atomic E-state index is 0.671. The highest BCUT2D eigenvalue weighted by Crippen LogP contribution is 2.45. The molecule has 0 radical (unpaired) electrons. The van der Waals surface area contributed by atoms with Crippen molar-refractivity contribution in [1.29, 1.82) is 0 Å². The molecule has 1 saturated carbocycles. The summed E-state index contributed by atoms with van der Waals surface area (Å²) >= 11 is 0. The molecule has 1 heteroatoms. The molecule has 1 aliphatic carbocycles. The molecule has 0 aromatic rings. The van der Waals surface area contributed by atoms with Crippen LogP contribution in [-0.4, -0.2) is 12.2 Å². The lowest BCUT2D eigenvalue weighted by Crippen LogP contribution is -2.24. The topological polar surface area (TPSA) is 12.5 Å². The Kier molecular flexibility index (Phi) is 27.5. The van der Waals surface area contributed by atoms with Gasteiger partial charge in [0.25, 0.3) is 0 Å². The van der Waals surface area contributed by atoms with E-state index in [0.717, 1.165) is 11.8 Å². The first-order valence-electron chi connectivity index (χ1n) is 14.4. The molecule has 1 heterocycles. The summed E-state index contributed by atoms with van der Waals surface area (Å²) in [5.74, 6) is 1.96. The van der Waals surface area contributed by atoms with Crippen LogP contribution in [-0.2, 0) is 4.74 Å². The molecule has 1 saturated heterocycles. The number of allylic oxidation sites excluding steroid dienone is 2. The zero-order valence-electron chi connectivity index (χ0n) is 23.2. The lowest BCUT2D eigenvalue weighted by atomic mass is 9.75. The number of ether oxygens (including phenoxy) is 1. The fourth-order valence-corrected chi connectivity index (χ4v) is 4.30. The van der Waals surface area contributed by atoms with Gasteiger partial charge in [-0.15, -0.1) is 0 Å².